The number of benzene rings is 1. The number of methoxy groups -OCH3 is 1. The van der Waals surface area contributed by atoms with Crippen LogP contribution >= 0.6 is 0 Å². The first-order valence-electron chi connectivity index (χ1n) is 4.97. The maximum Gasteiger partial charge on any atom is 0.323 e. The first-order chi connectivity index (χ1) is 7.61. The first kappa shape index (κ1) is 10.5. The minimum Gasteiger partial charge on any atom is -0.497 e. The van der Waals surface area contributed by atoms with Crippen molar-refractivity contribution in [3.63, 3.8) is 0 Å². The number of carbonyl (C=O) groups is 1. The van der Waals surface area contributed by atoms with E-state index in [1.807, 2.05) is 31.3 Å². The van der Waals surface area contributed by atoms with Gasteiger partial charge in [-0.05, 0) is 30.7 Å². The van der Waals surface area contributed by atoms with Gasteiger partial charge in [-0.15, -0.1) is 0 Å². The molecular weight excluding hydrogens is 206 g/mol. The Morgan fingerprint density at radius 2 is 2.25 bits per heavy atom. The summed E-state index contributed by atoms with van der Waals surface area (Å²) in [7, 11) is 1.62. The lowest BCUT2D eigenvalue weighted by Gasteiger charge is -2.02. The number of rotatable bonds is 3. The van der Waals surface area contributed by atoms with E-state index in [0.717, 1.165) is 22.2 Å². The summed E-state index contributed by atoms with van der Waals surface area (Å²) in [6.07, 6.45) is 1.85. The molecule has 4 heteroatoms. The van der Waals surface area contributed by atoms with Crippen LogP contribution in [-0.4, -0.2) is 22.8 Å². The molecule has 0 fully saturated rings. The summed E-state index contributed by atoms with van der Waals surface area (Å²) in [5, 5.41) is 9.82. The molecule has 16 heavy (non-hydrogen) atoms. The third-order valence-electron chi connectivity index (χ3n) is 2.59. The van der Waals surface area contributed by atoms with Gasteiger partial charge in [0.15, 0.2) is 0 Å². The zero-order valence-electron chi connectivity index (χ0n) is 9.23. The predicted octanol–water partition coefficient (Wildman–Crippen LogP) is 2.04. The number of ether oxygens (including phenoxy) is 1. The van der Waals surface area contributed by atoms with Gasteiger partial charge in [0.1, 0.15) is 12.3 Å². The lowest BCUT2D eigenvalue weighted by atomic mass is 10.2. The second-order valence-corrected chi connectivity index (χ2v) is 3.72. The molecule has 0 bridgehead atoms. The highest BCUT2D eigenvalue weighted by Gasteiger charge is 2.08. The summed E-state index contributed by atoms with van der Waals surface area (Å²) >= 11 is 0. The van der Waals surface area contributed by atoms with Crippen LogP contribution in [0.1, 0.15) is 5.56 Å². The standard InChI is InChI=1S/C12H13NO3/c1-8-6-13(7-12(14)15)11-4-3-9(16-2)5-10(8)11/h3-6H,7H2,1-2H3,(H,14,15). The Morgan fingerprint density at radius 3 is 2.88 bits per heavy atom. The van der Waals surface area contributed by atoms with Crippen molar-refractivity contribution >= 4 is 16.9 Å². The molecule has 2 rings (SSSR count). The molecule has 1 aromatic heterocycles. The molecule has 4 nitrogen and oxygen atoms in total. The third kappa shape index (κ3) is 1.74. The van der Waals surface area contributed by atoms with Crippen molar-refractivity contribution in [1.82, 2.24) is 4.57 Å². The Morgan fingerprint density at radius 1 is 1.50 bits per heavy atom. The lowest BCUT2D eigenvalue weighted by Crippen LogP contribution is -2.07. The molecule has 2 aromatic rings. The molecular formula is C12H13NO3. The average Bonchev–Trinajstić information content (AvgIpc) is 2.54. The quantitative estimate of drug-likeness (QED) is 0.859. The molecule has 1 aromatic carbocycles. The highest BCUT2D eigenvalue weighted by atomic mass is 16.5. The van der Waals surface area contributed by atoms with Crippen LogP contribution in [0.15, 0.2) is 24.4 Å². The van der Waals surface area contributed by atoms with Crippen LogP contribution in [0.5, 0.6) is 5.75 Å². The van der Waals surface area contributed by atoms with E-state index in [0.29, 0.717) is 0 Å². The molecule has 0 aliphatic heterocycles. The molecule has 0 radical (unpaired) electrons. The normalized spacial score (nSPS) is 10.6. The molecule has 0 aliphatic rings. The fourth-order valence-electron chi connectivity index (χ4n) is 1.86. The lowest BCUT2D eigenvalue weighted by molar-refractivity contribution is -0.137. The molecule has 1 heterocycles. The van der Waals surface area contributed by atoms with E-state index in [1.54, 1.807) is 11.7 Å². The monoisotopic (exact) mass is 219 g/mol. The van der Waals surface area contributed by atoms with Crippen LogP contribution in [0.4, 0.5) is 0 Å². The van der Waals surface area contributed by atoms with E-state index >= 15 is 0 Å². The van der Waals surface area contributed by atoms with Gasteiger partial charge in [0, 0.05) is 17.1 Å². The largest absolute Gasteiger partial charge is 0.497 e. The number of carboxylic acids is 1. The number of nitrogens with zero attached hydrogens (tertiary/aromatic N) is 1. The van der Waals surface area contributed by atoms with Gasteiger partial charge >= 0.3 is 5.97 Å². The Kier molecular flexibility index (Phi) is 2.56. The van der Waals surface area contributed by atoms with Gasteiger partial charge in [-0.1, -0.05) is 0 Å². The number of aliphatic carboxylic acids is 1. The Labute approximate surface area is 93.1 Å². The van der Waals surface area contributed by atoms with Gasteiger partial charge < -0.3 is 14.4 Å². The van der Waals surface area contributed by atoms with Gasteiger partial charge in [-0.3, -0.25) is 4.79 Å². The summed E-state index contributed by atoms with van der Waals surface area (Å²) in [6.45, 7) is 1.94. The van der Waals surface area contributed by atoms with Crippen molar-refractivity contribution in [2.45, 2.75) is 13.5 Å². The fraction of sp³-hybridized carbons (Fsp3) is 0.250. The molecule has 84 valence electrons. The van der Waals surface area contributed by atoms with E-state index < -0.39 is 5.97 Å². The highest BCUT2D eigenvalue weighted by molar-refractivity contribution is 5.86. The van der Waals surface area contributed by atoms with Crippen molar-refractivity contribution < 1.29 is 14.6 Å². The number of aromatic nitrogens is 1. The van der Waals surface area contributed by atoms with Gasteiger partial charge in [0.25, 0.3) is 0 Å². The summed E-state index contributed by atoms with van der Waals surface area (Å²) < 4.78 is 6.87. The second kappa shape index (κ2) is 3.89. The molecule has 0 atom stereocenters. The number of fused-ring (bicyclic) bond motifs is 1. The zero-order valence-corrected chi connectivity index (χ0v) is 9.23. The Bertz CT molecular complexity index is 542. The van der Waals surface area contributed by atoms with Crippen LogP contribution < -0.4 is 4.74 Å². The van der Waals surface area contributed by atoms with E-state index in [2.05, 4.69) is 0 Å². The van der Waals surface area contributed by atoms with E-state index in [-0.39, 0.29) is 6.54 Å². The number of hydrogen-bond donors (Lipinski definition) is 1. The minimum absolute atomic E-state index is 0.0172. The second-order valence-electron chi connectivity index (χ2n) is 3.72. The van der Waals surface area contributed by atoms with E-state index in [9.17, 15) is 4.79 Å². The number of carboxylic acid groups (broad SMARTS) is 1. The maximum absolute atomic E-state index is 10.7. The first-order valence-corrected chi connectivity index (χ1v) is 4.97. The van der Waals surface area contributed by atoms with Gasteiger partial charge in [0.2, 0.25) is 0 Å². The van der Waals surface area contributed by atoms with Crippen LogP contribution in [0.2, 0.25) is 0 Å². The van der Waals surface area contributed by atoms with Crippen molar-refractivity contribution in [2.75, 3.05) is 7.11 Å². The molecule has 0 spiro atoms. The zero-order chi connectivity index (χ0) is 11.7. The SMILES string of the molecule is COc1ccc2c(c1)c(C)cn2CC(=O)O. The van der Waals surface area contributed by atoms with Crippen LogP contribution in [0.25, 0.3) is 10.9 Å². The van der Waals surface area contributed by atoms with Crippen LogP contribution in [0.3, 0.4) is 0 Å². The smallest absolute Gasteiger partial charge is 0.323 e. The van der Waals surface area contributed by atoms with E-state index in [4.69, 9.17) is 9.84 Å². The predicted molar refractivity (Wildman–Crippen MR) is 60.9 cm³/mol. The molecule has 1 N–H and O–H groups in total. The third-order valence-corrected chi connectivity index (χ3v) is 2.59. The summed E-state index contributed by atoms with van der Waals surface area (Å²) in [4.78, 5) is 10.7. The molecule has 0 aliphatic carbocycles. The van der Waals surface area contributed by atoms with Crippen molar-refractivity contribution in [3.05, 3.63) is 30.0 Å². The van der Waals surface area contributed by atoms with Gasteiger partial charge in [-0.25, -0.2) is 0 Å². The topological polar surface area (TPSA) is 51.5 Å². The summed E-state index contributed by atoms with van der Waals surface area (Å²) in [6, 6.07) is 5.63. The molecule has 0 saturated carbocycles. The van der Waals surface area contributed by atoms with Crippen LogP contribution in [-0.2, 0) is 11.3 Å². The minimum atomic E-state index is -0.840. The molecule has 0 saturated heterocycles. The fourth-order valence-corrected chi connectivity index (χ4v) is 1.86. The van der Waals surface area contributed by atoms with Crippen molar-refractivity contribution in [3.8, 4) is 5.75 Å². The molecule has 0 unspecified atom stereocenters. The Hall–Kier alpha value is -1.97. The van der Waals surface area contributed by atoms with Crippen molar-refractivity contribution in [2.24, 2.45) is 0 Å². The summed E-state index contributed by atoms with van der Waals surface area (Å²) in [5.41, 5.74) is 1.97. The average molecular weight is 219 g/mol. The summed E-state index contributed by atoms with van der Waals surface area (Å²) in [5.74, 6) is -0.0589. The Balaban J connectivity index is 2.57. The van der Waals surface area contributed by atoms with Crippen LogP contribution in [0, 0.1) is 6.92 Å². The highest BCUT2D eigenvalue weighted by Crippen LogP contribution is 2.25. The maximum atomic E-state index is 10.7. The number of aryl methyl sites for hydroxylation is 1. The van der Waals surface area contributed by atoms with Gasteiger partial charge in [-0.2, -0.15) is 0 Å². The van der Waals surface area contributed by atoms with Gasteiger partial charge in [0.05, 0.1) is 7.11 Å². The number of hydrogen-bond acceptors (Lipinski definition) is 2. The molecule has 0 amide bonds. The van der Waals surface area contributed by atoms with Crippen molar-refractivity contribution in [1.29, 1.82) is 0 Å². The van der Waals surface area contributed by atoms with E-state index in [1.165, 1.54) is 0 Å².